The summed E-state index contributed by atoms with van der Waals surface area (Å²) < 4.78 is 4.69. The summed E-state index contributed by atoms with van der Waals surface area (Å²) in [6.45, 7) is 0. The summed E-state index contributed by atoms with van der Waals surface area (Å²) in [5.74, 6) is -1.70. The Hall–Kier alpha value is -2.66. The van der Waals surface area contributed by atoms with Crippen LogP contribution < -0.4 is 4.90 Å². The predicted molar refractivity (Wildman–Crippen MR) is 80.4 cm³/mol. The van der Waals surface area contributed by atoms with E-state index >= 15 is 0 Å². The van der Waals surface area contributed by atoms with Gasteiger partial charge in [-0.2, -0.15) is 0 Å². The summed E-state index contributed by atoms with van der Waals surface area (Å²) in [5, 5.41) is 0.112. The molecule has 0 aromatic heterocycles. The average molecular weight is 316 g/mol. The van der Waals surface area contributed by atoms with Gasteiger partial charge < -0.3 is 4.74 Å². The van der Waals surface area contributed by atoms with E-state index in [4.69, 9.17) is 16.3 Å². The number of carbonyl (C=O) groups excluding carboxylic acids is 3. The zero-order valence-corrected chi connectivity index (χ0v) is 12.3. The summed E-state index contributed by atoms with van der Waals surface area (Å²) in [5.41, 5.74) is 0.693. The molecule has 0 atom stereocenters. The van der Waals surface area contributed by atoms with Crippen molar-refractivity contribution in [2.24, 2.45) is 0 Å². The quantitative estimate of drug-likeness (QED) is 0.631. The first kappa shape index (κ1) is 14.3. The van der Waals surface area contributed by atoms with Crippen LogP contribution in [-0.4, -0.2) is 24.9 Å². The van der Waals surface area contributed by atoms with E-state index < -0.39 is 17.8 Å². The van der Waals surface area contributed by atoms with Crippen molar-refractivity contribution in [3.8, 4) is 0 Å². The molecule has 0 spiro atoms. The normalized spacial score (nSPS) is 13.3. The van der Waals surface area contributed by atoms with Crippen LogP contribution in [0.2, 0.25) is 5.02 Å². The van der Waals surface area contributed by atoms with E-state index in [0.29, 0.717) is 11.1 Å². The fourth-order valence-electron chi connectivity index (χ4n) is 2.41. The lowest BCUT2D eigenvalue weighted by Crippen LogP contribution is -2.31. The number of methoxy groups -OCH3 is 1. The molecule has 0 unspecified atom stereocenters. The van der Waals surface area contributed by atoms with Crippen molar-refractivity contribution in [3.05, 3.63) is 64.2 Å². The molecule has 1 heterocycles. The topological polar surface area (TPSA) is 63.7 Å². The minimum Gasteiger partial charge on any atom is -0.465 e. The van der Waals surface area contributed by atoms with Crippen LogP contribution in [-0.2, 0) is 4.74 Å². The molecule has 3 rings (SSSR count). The lowest BCUT2D eigenvalue weighted by atomic mass is 10.1. The largest absolute Gasteiger partial charge is 0.465 e. The maximum Gasteiger partial charge on any atom is 0.341 e. The number of rotatable bonds is 2. The van der Waals surface area contributed by atoms with Gasteiger partial charge in [0.2, 0.25) is 0 Å². The SMILES string of the molecule is COC(=O)c1c(Cl)cccc1N1C(=O)c2ccccc2C1=O. The van der Waals surface area contributed by atoms with Gasteiger partial charge in [0.25, 0.3) is 11.8 Å². The highest BCUT2D eigenvalue weighted by Gasteiger charge is 2.38. The molecule has 2 amide bonds. The molecule has 2 aromatic carbocycles. The number of halogens is 1. The van der Waals surface area contributed by atoms with Gasteiger partial charge in [0.1, 0.15) is 5.56 Å². The Morgan fingerprint density at radius 1 is 1.00 bits per heavy atom. The first-order chi connectivity index (χ1) is 10.6. The van der Waals surface area contributed by atoms with E-state index in [1.165, 1.54) is 19.2 Å². The second kappa shape index (κ2) is 5.27. The van der Waals surface area contributed by atoms with Gasteiger partial charge in [-0.05, 0) is 24.3 Å². The molecule has 0 bridgehead atoms. The highest BCUT2D eigenvalue weighted by Crippen LogP contribution is 2.34. The van der Waals surface area contributed by atoms with Crippen molar-refractivity contribution in [2.75, 3.05) is 12.0 Å². The fourth-order valence-corrected chi connectivity index (χ4v) is 2.66. The number of hydrogen-bond donors (Lipinski definition) is 0. The predicted octanol–water partition coefficient (Wildman–Crippen LogP) is 2.93. The number of imide groups is 1. The molecular weight excluding hydrogens is 306 g/mol. The van der Waals surface area contributed by atoms with Gasteiger partial charge >= 0.3 is 5.97 Å². The summed E-state index contributed by atoms with van der Waals surface area (Å²) in [7, 11) is 1.21. The molecule has 1 aliphatic rings. The van der Waals surface area contributed by atoms with E-state index in [-0.39, 0.29) is 16.3 Å². The molecule has 2 aromatic rings. The molecular formula is C16H10ClNO4. The lowest BCUT2D eigenvalue weighted by Gasteiger charge is -2.17. The minimum absolute atomic E-state index is 0.0128. The number of ether oxygens (including phenoxy) is 1. The third-order valence-corrected chi connectivity index (χ3v) is 3.73. The van der Waals surface area contributed by atoms with E-state index in [2.05, 4.69) is 0 Å². The van der Waals surface area contributed by atoms with Crippen molar-refractivity contribution < 1.29 is 19.1 Å². The number of fused-ring (bicyclic) bond motifs is 1. The summed E-state index contributed by atoms with van der Waals surface area (Å²) >= 11 is 6.04. The van der Waals surface area contributed by atoms with Gasteiger partial charge in [-0.1, -0.05) is 29.8 Å². The molecule has 0 aliphatic carbocycles. The van der Waals surface area contributed by atoms with Crippen molar-refractivity contribution >= 4 is 35.1 Å². The summed E-state index contributed by atoms with van der Waals surface area (Å²) in [4.78, 5) is 37.9. The zero-order chi connectivity index (χ0) is 15.9. The van der Waals surface area contributed by atoms with Gasteiger partial charge in [-0.15, -0.1) is 0 Å². The number of carbonyl (C=O) groups is 3. The number of anilines is 1. The van der Waals surface area contributed by atoms with Crippen LogP contribution in [0, 0.1) is 0 Å². The van der Waals surface area contributed by atoms with Crippen LogP contribution in [0.4, 0.5) is 5.69 Å². The number of benzene rings is 2. The first-order valence-corrected chi connectivity index (χ1v) is 6.78. The van der Waals surface area contributed by atoms with Gasteiger partial charge in [0, 0.05) is 0 Å². The van der Waals surface area contributed by atoms with Crippen molar-refractivity contribution in [2.45, 2.75) is 0 Å². The van der Waals surface area contributed by atoms with Crippen LogP contribution in [0.25, 0.3) is 0 Å². The fraction of sp³-hybridized carbons (Fsp3) is 0.0625. The molecule has 0 saturated heterocycles. The number of esters is 1. The number of hydrogen-bond acceptors (Lipinski definition) is 4. The third-order valence-electron chi connectivity index (χ3n) is 3.42. The van der Waals surface area contributed by atoms with Crippen LogP contribution in [0.3, 0.4) is 0 Å². The molecule has 0 N–H and O–H groups in total. The Bertz CT molecular complexity index is 781. The molecule has 1 aliphatic heterocycles. The molecule has 0 fully saturated rings. The van der Waals surface area contributed by atoms with Gasteiger partial charge in [0.15, 0.2) is 0 Å². The van der Waals surface area contributed by atoms with Gasteiger partial charge in [-0.3, -0.25) is 9.59 Å². The van der Waals surface area contributed by atoms with Crippen LogP contribution in [0.1, 0.15) is 31.1 Å². The van der Waals surface area contributed by atoms with Crippen molar-refractivity contribution in [3.63, 3.8) is 0 Å². The smallest absolute Gasteiger partial charge is 0.341 e. The van der Waals surface area contributed by atoms with E-state index in [1.807, 2.05) is 0 Å². The highest BCUT2D eigenvalue weighted by atomic mass is 35.5. The zero-order valence-electron chi connectivity index (χ0n) is 11.5. The van der Waals surface area contributed by atoms with Crippen LogP contribution in [0.5, 0.6) is 0 Å². The number of nitrogens with zero attached hydrogens (tertiary/aromatic N) is 1. The Balaban J connectivity index is 2.19. The van der Waals surface area contributed by atoms with E-state index in [0.717, 1.165) is 4.90 Å². The summed E-state index contributed by atoms with van der Waals surface area (Å²) in [6, 6.07) is 11.0. The molecule has 0 radical (unpaired) electrons. The second-order valence-electron chi connectivity index (χ2n) is 4.62. The van der Waals surface area contributed by atoms with Crippen molar-refractivity contribution in [1.82, 2.24) is 0 Å². The number of amides is 2. The minimum atomic E-state index is -0.711. The van der Waals surface area contributed by atoms with Gasteiger partial charge in [0.05, 0.1) is 28.9 Å². The maximum absolute atomic E-state index is 12.5. The summed E-state index contributed by atoms with van der Waals surface area (Å²) in [6.07, 6.45) is 0. The molecule has 0 saturated carbocycles. The Morgan fingerprint density at radius 3 is 2.14 bits per heavy atom. The first-order valence-electron chi connectivity index (χ1n) is 6.41. The standard InChI is InChI=1S/C16H10ClNO4/c1-22-16(21)13-11(17)7-4-8-12(13)18-14(19)9-5-2-3-6-10(9)15(18)20/h2-8H,1H3. The third kappa shape index (κ3) is 1.98. The Kier molecular flexibility index (Phi) is 3.42. The van der Waals surface area contributed by atoms with E-state index in [1.54, 1.807) is 30.3 Å². The Labute approximate surface area is 131 Å². The van der Waals surface area contributed by atoms with Crippen molar-refractivity contribution in [1.29, 1.82) is 0 Å². The van der Waals surface area contributed by atoms with E-state index in [9.17, 15) is 14.4 Å². The molecule has 110 valence electrons. The Morgan fingerprint density at radius 2 is 1.59 bits per heavy atom. The maximum atomic E-state index is 12.5. The molecule has 22 heavy (non-hydrogen) atoms. The molecule has 5 nitrogen and oxygen atoms in total. The average Bonchev–Trinajstić information content (AvgIpc) is 2.78. The van der Waals surface area contributed by atoms with Crippen LogP contribution in [0.15, 0.2) is 42.5 Å². The second-order valence-corrected chi connectivity index (χ2v) is 5.02. The highest BCUT2D eigenvalue weighted by molar-refractivity contribution is 6.38. The lowest BCUT2D eigenvalue weighted by molar-refractivity contribution is 0.0602. The molecule has 6 heteroatoms. The van der Waals surface area contributed by atoms with Crippen LogP contribution >= 0.6 is 11.6 Å². The van der Waals surface area contributed by atoms with Gasteiger partial charge in [-0.25, -0.2) is 9.69 Å². The monoisotopic (exact) mass is 315 g/mol.